The van der Waals surface area contributed by atoms with Gasteiger partial charge in [0.1, 0.15) is 10.8 Å². The van der Waals surface area contributed by atoms with Crippen molar-refractivity contribution in [3.05, 3.63) is 41.2 Å². The molecule has 112 valence electrons. The van der Waals surface area contributed by atoms with Crippen LogP contribution in [0.3, 0.4) is 0 Å². The SMILES string of the molecule is CCNC(=O)C(C)NCc1csc(-c2ccc(F)cc2)n1. The van der Waals surface area contributed by atoms with Crippen molar-refractivity contribution in [3.8, 4) is 10.6 Å². The molecule has 0 fully saturated rings. The zero-order chi connectivity index (χ0) is 15.2. The number of halogens is 1. The van der Waals surface area contributed by atoms with E-state index in [4.69, 9.17) is 0 Å². The van der Waals surface area contributed by atoms with E-state index in [0.29, 0.717) is 13.1 Å². The van der Waals surface area contributed by atoms with E-state index in [0.717, 1.165) is 16.3 Å². The van der Waals surface area contributed by atoms with Gasteiger partial charge in [-0.1, -0.05) is 0 Å². The van der Waals surface area contributed by atoms with Gasteiger partial charge in [-0.25, -0.2) is 9.37 Å². The third-order valence-corrected chi connectivity index (χ3v) is 3.92. The molecule has 1 amide bonds. The molecule has 1 unspecified atom stereocenters. The van der Waals surface area contributed by atoms with E-state index in [1.165, 1.54) is 23.5 Å². The first-order valence-corrected chi connectivity index (χ1v) is 7.69. The molecule has 0 saturated carbocycles. The molecule has 2 rings (SSSR count). The number of hydrogen-bond acceptors (Lipinski definition) is 4. The number of rotatable bonds is 6. The van der Waals surface area contributed by atoms with Crippen molar-refractivity contribution in [3.63, 3.8) is 0 Å². The van der Waals surface area contributed by atoms with Crippen molar-refractivity contribution in [1.29, 1.82) is 0 Å². The highest BCUT2D eigenvalue weighted by molar-refractivity contribution is 7.13. The molecule has 2 aromatic rings. The molecule has 0 spiro atoms. The number of nitrogens with one attached hydrogen (secondary N) is 2. The summed E-state index contributed by atoms with van der Waals surface area (Å²) in [7, 11) is 0. The summed E-state index contributed by atoms with van der Waals surface area (Å²) in [5, 5.41) is 8.68. The van der Waals surface area contributed by atoms with Crippen molar-refractivity contribution < 1.29 is 9.18 Å². The Kier molecular flexibility index (Phi) is 5.41. The molecular formula is C15H18FN3OS. The Morgan fingerprint density at radius 1 is 1.38 bits per heavy atom. The van der Waals surface area contributed by atoms with Crippen LogP contribution in [0.15, 0.2) is 29.6 Å². The number of benzene rings is 1. The minimum absolute atomic E-state index is 0.0218. The predicted octanol–water partition coefficient (Wildman–Crippen LogP) is 2.56. The van der Waals surface area contributed by atoms with Gasteiger partial charge in [-0.3, -0.25) is 4.79 Å². The maximum Gasteiger partial charge on any atom is 0.236 e. The molecule has 1 aromatic carbocycles. The largest absolute Gasteiger partial charge is 0.355 e. The van der Waals surface area contributed by atoms with Gasteiger partial charge in [0.15, 0.2) is 0 Å². The Bertz CT molecular complexity index is 597. The summed E-state index contributed by atoms with van der Waals surface area (Å²) in [6.45, 7) is 4.85. The number of carbonyl (C=O) groups excluding carboxylic acids is 1. The monoisotopic (exact) mass is 307 g/mol. The number of hydrogen-bond donors (Lipinski definition) is 2. The van der Waals surface area contributed by atoms with Crippen molar-refractivity contribution in [2.45, 2.75) is 26.4 Å². The Morgan fingerprint density at radius 3 is 2.76 bits per heavy atom. The Hall–Kier alpha value is -1.79. The lowest BCUT2D eigenvalue weighted by atomic mass is 10.2. The average molecular weight is 307 g/mol. The quantitative estimate of drug-likeness (QED) is 0.862. The molecule has 1 heterocycles. The first kappa shape index (κ1) is 15.6. The van der Waals surface area contributed by atoms with Crippen LogP contribution >= 0.6 is 11.3 Å². The number of likely N-dealkylation sites (N-methyl/N-ethyl adjacent to an activating group) is 1. The van der Waals surface area contributed by atoms with E-state index in [1.54, 1.807) is 12.1 Å². The highest BCUT2D eigenvalue weighted by Crippen LogP contribution is 2.23. The van der Waals surface area contributed by atoms with Crippen molar-refractivity contribution in [2.75, 3.05) is 6.54 Å². The van der Waals surface area contributed by atoms with Crippen LogP contribution in [0.5, 0.6) is 0 Å². The third kappa shape index (κ3) is 4.34. The molecule has 0 saturated heterocycles. The van der Waals surface area contributed by atoms with E-state index in [9.17, 15) is 9.18 Å². The fourth-order valence-corrected chi connectivity index (χ4v) is 2.62. The molecular weight excluding hydrogens is 289 g/mol. The van der Waals surface area contributed by atoms with Crippen LogP contribution in [0.2, 0.25) is 0 Å². The second-order valence-corrected chi connectivity index (χ2v) is 5.51. The molecule has 4 nitrogen and oxygen atoms in total. The number of nitrogens with zero attached hydrogens (tertiary/aromatic N) is 1. The average Bonchev–Trinajstić information content (AvgIpc) is 2.94. The Labute approximate surface area is 127 Å². The highest BCUT2D eigenvalue weighted by atomic mass is 32.1. The zero-order valence-electron chi connectivity index (χ0n) is 12.0. The minimum Gasteiger partial charge on any atom is -0.355 e. The minimum atomic E-state index is -0.263. The van der Waals surface area contributed by atoms with Crippen molar-refractivity contribution in [1.82, 2.24) is 15.6 Å². The summed E-state index contributed by atoms with van der Waals surface area (Å²) >= 11 is 1.50. The van der Waals surface area contributed by atoms with E-state index in [1.807, 2.05) is 19.2 Å². The standard InChI is InChI=1S/C15H18FN3OS/c1-3-17-14(20)10(2)18-8-13-9-21-15(19-13)11-4-6-12(16)7-5-11/h4-7,9-10,18H,3,8H2,1-2H3,(H,17,20). The van der Waals surface area contributed by atoms with E-state index < -0.39 is 0 Å². The van der Waals surface area contributed by atoms with Crippen LogP contribution in [0.4, 0.5) is 4.39 Å². The van der Waals surface area contributed by atoms with Crippen LogP contribution in [0.25, 0.3) is 10.6 Å². The molecule has 0 aliphatic heterocycles. The van der Waals surface area contributed by atoms with Crippen LogP contribution < -0.4 is 10.6 Å². The Balaban J connectivity index is 1.94. The van der Waals surface area contributed by atoms with Gasteiger partial charge in [0.2, 0.25) is 5.91 Å². The molecule has 1 atom stereocenters. The molecule has 0 radical (unpaired) electrons. The van der Waals surface area contributed by atoms with Gasteiger partial charge in [0, 0.05) is 24.0 Å². The molecule has 0 bridgehead atoms. The second kappa shape index (κ2) is 7.28. The van der Waals surface area contributed by atoms with Gasteiger partial charge in [0.25, 0.3) is 0 Å². The van der Waals surface area contributed by atoms with Gasteiger partial charge in [-0.05, 0) is 38.1 Å². The van der Waals surface area contributed by atoms with Crippen LogP contribution in [0.1, 0.15) is 19.5 Å². The van der Waals surface area contributed by atoms with Crippen LogP contribution in [-0.4, -0.2) is 23.5 Å². The number of amides is 1. The summed E-state index contributed by atoms with van der Waals surface area (Å²) in [4.78, 5) is 16.1. The molecule has 0 aliphatic carbocycles. The van der Waals surface area contributed by atoms with Crippen molar-refractivity contribution in [2.24, 2.45) is 0 Å². The normalized spacial score (nSPS) is 12.1. The molecule has 2 N–H and O–H groups in total. The van der Waals surface area contributed by atoms with E-state index in [2.05, 4.69) is 15.6 Å². The first-order valence-electron chi connectivity index (χ1n) is 6.81. The molecule has 1 aromatic heterocycles. The number of aromatic nitrogens is 1. The number of carbonyl (C=O) groups is 1. The maximum absolute atomic E-state index is 12.9. The van der Waals surface area contributed by atoms with Gasteiger partial charge < -0.3 is 10.6 Å². The summed E-state index contributed by atoms with van der Waals surface area (Å²) in [5.74, 6) is -0.278. The van der Waals surface area contributed by atoms with Gasteiger partial charge in [-0.15, -0.1) is 11.3 Å². The summed E-state index contributed by atoms with van der Waals surface area (Å²) in [6.07, 6.45) is 0. The molecule has 21 heavy (non-hydrogen) atoms. The van der Waals surface area contributed by atoms with Gasteiger partial charge in [0.05, 0.1) is 11.7 Å². The maximum atomic E-state index is 12.9. The smallest absolute Gasteiger partial charge is 0.236 e. The third-order valence-electron chi connectivity index (χ3n) is 2.98. The fraction of sp³-hybridized carbons (Fsp3) is 0.333. The van der Waals surface area contributed by atoms with E-state index in [-0.39, 0.29) is 17.8 Å². The lowest BCUT2D eigenvalue weighted by Crippen LogP contribution is -2.41. The summed E-state index contributed by atoms with van der Waals surface area (Å²) in [6, 6.07) is 6.00. The lowest BCUT2D eigenvalue weighted by molar-refractivity contribution is -0.122. The molecule has 0 aliphatic rings. The first-order chi connectivity index (χ1) is 10.1. The van der Waals surface area contributed by atoms with Gasteiger partial charge in [-0.2, -0.15) is 0 Å². The van der Waals surface area contributed by atoms with Crippen molar-refractivity contribution >= 4 is 17.2 Å². The summed E-state index contributed by atoms with van der Waals surface area (Å²) < 4.78 is 12.9. The number of thiazole rings is 1. The Morgan fingerprint density at radius 2 is 2.10 bits per heavy atom. The molecule has 6 heteroatoms. The second-order valence-electron chi connectivity index (χ2n) is 4.65. The van der Waals surface area contributed by atoms with Crippen LogP contribution in [0, 0.1) is 5.82 Å². The van der Waals surface area contributed by atoms with E-state index >= 15 is 0 Å². The lowest BCUT2D eigenvalue weighted by Gasteiger charge is -2.11. The van der Waals surface area contributed by atoms with Crippen LogP contribution in [-0.2, 0) is 11.3 Å². The van der Waals surface area contributed by atoms with Gasteiger partial charge >= 0.3 is 0 Å². The zero-order valence-corrected chi connectivity index (χ0v) is 12.8. The predicted molar refractivity (Wildman–Crippen MR) is 82.5 cm³/mol. The fourth-order valence-electron chi connectivity index (χ4n) is 1.79. The summed E-state index contributed by atoms with van der Waals surface area (Å²) in [5.41, 5.74) is 1.76. The highest BCUT2D eigenvalue weighted by Gasteiger charge is 2.12. The topological polar surface area (TPSA) is 54.0 Å².